The molecule has 0 radical (unpaired) electrons. The van der Waals surface area contributed by atoms with Crippen LogP contribution in [0.1, 0.15) is 12.5 Å². The maximum Gasteiger partial charge on any atom is 0.174 e. The number of hydrogen-bond donors (Lipinski definition) is 3. The second-order valence-corrected chi connectivity index (χ2v) is 13.3. The van der Waals surface area contributed by atoms with Crippen LogP contribution in [0.3, 0.4) is 0 Å². The molecule has 19 nitrogen and oxygen atoms in total. The Balaban J connectivity index is 1.17. The van der Waals surface area contributed by atoms with Crippen molar-refractivity contribution < 1.29 is 46.5 Å². The van der Waals surface area contributed by atoms with Gasteiger partial charge < -0.3 is 53.6 Å². The number of nitrogens with zero attached hydrogens (tertiary/aromatic N) is 8. The molecule has 3 saturated heterocycles. The predicted molar refractivity (Wildman–Crippen MR) is 152 cm³/mol. The highest BCUT2D eigenvalue weighted by atomic mass is 32.5. The third-order valence-electron chi connectivity index (χ3n) is 7.10. The van der Waals surface area contributed by atoms with Gasteiger partial charge in [-0.3, -0.25) is 9.13 Å². The Morgan fingerprint density at radius 1 is 0.909 bits per heavy atom. The standard InChI is InChI=1S/C20H25BFN10O9P2S/c21-42(34)36-1-8-14(12(33)20(39-8)32-6-30-11-16(24)26-4-28-18(11)32)41-43(35,44)37-2-7-13(40-42)9(22)19(38-7)31-5-29-10-15(23)25-3-27-17(10)31/h3-9,12-14,19-20,33H,1-2H2,21H3,(H,35,44)(H2,23,25,27)(H2,24,26,28)/q-1/p-1/t7-,8-,9?,12?,13+,14+,19-,20-,42?,43?/m1/s1. The van der Waals surface area contributed by atoms with Gasteiger partial charge in [-0.05, 0) is 0 Å². The van der Waals surface area contributed by atoms with Gasteiger partial charge in [-0.2, -0.15) is 0 Å². The molecule has 3 fully saturated rings. The fraction of sp³-hybridized carbons (Fsp3) is 0.500. The zero-order chi connectivity index (χ0) is 31.0. The number of rotatable bonds is 2. The van der Waals surface area contributed by atoms with Crippen LogP contribution in [0.5, 0.6) is 0 Å². The van der Waals surface area contributed by atoms with Gasteiger partial charge in [0.25, 0.3) is 0 Å². The first kappa shape index (κ1) is 29.9. The number of imidazole rings is 2. The number of halogens is 1. The fourth-order valence-electron chi connectivity index (χ4n) is 5.11. The zero-order valence-electron chi connectivity index (χ0n) is 21.5. The summed E-state index contributed by atoms with van der Waals surface area (Å²) in [6.45, 7) is -5.40. The third-order valence-corrected chi connectivity index (χ3v) is 9.42. The SMILES string of the molecule is [BH3-]P1(=O)OC[C@H]2O[C@@H](n3cnc4c(N)ncnc43)C(O)[C@H]2OP([O-])(=S)OC[C@H]2O[C@@H](n3cnc4c(N)ncnc43)C(F)[C@H]2O1. The first-order valence-corrected chi connectivity index (χ1v) is 16.2. The lowest BCUT2D eigenvalue weighted by atomic mass is 10.1. The molecule has 0 saturated carbocycles. The lowest BCUT2D eigenvalue weighted by Crippen LogP contribution is -2.39. The van der Waals surface area contributed by atoms with Crippen molar-refractivity contribution in [2.24, 2.45) is 0 Å². The minimum absolute atomic E-state index is 0.0792. The number of alkyl halides is 1. The number of ether oxygens (including phenoxy) is 2. The van der Waals surface area contributed by atoms with Crippen LogP contribution in [0, 0.1) is 0 Å². The van der Waals surface area contributed by atoms with Gasteiger partial charge in [0.15, 0.2) is 41.6 Å². The van der Waals surface area contributed by atoms with Gasteiger partial charge in [0.1, 0.15) is 68.4 Å². The van der Waals surface area contributed by atoms with E-state index in [1.807, 2.05) is 0 Å². The van der Waals surface area contributed by atoms with Crippen molar-refractivity contribution in [3.05, 3.63) is 25.3 Å². The Bertz CT molecular complexity index is 1710. The van der Waals surface area contributed by atoms with Crippen molar-refractivity contribution >= 4 is 67.5 Å². The summed E-state index contributed by atoms with van der Waals surface area (Å²) in [4.78, 5) is 37.7. The zero-order valence-corrected chi connectivity index (χ0v) is 24.1. The van der Waals surface area contributed by atoms with Gasteiger partial charge in [-0.15, -0.1) is 0 Å². The van der Waals surface area contributed by atoms with E-state index >= 15 is 4.39 Å². The molecular formula is C20H24BFN10O9P2S-2. The number of anilines is 2. The van der Waals surface area contributed by atoms with Crippen LogP contribution in [0.4, 0.5) is 16.0 Å². The van der Waals surface area contributed by atoms with Gasteiger partial charge in [0, 0.05) is 0 Å². The molecule has 3 aliphatic heterocycles. The van der Waals surface area contributed by atoms with Gasteiger partial charge in [-0.25, -0.2) is 34.3 Å². The van der Waals surface area contributed by atoms with E-state index in [0.29, 0.717) is 0 Å². The average molecular weight is 672 g/mol. The third kappa shape index (κ3) is 5.19. The molecule has 236 valence electrons. The first-order chi connectivity index (χ1) is 20.9. The summed E-state index contributed by atoms with van der Waals surface area (Å²) in [5.41, 5.74) is 12.6. The monoisotopic (exact) mass is 672 g/mol. The minimum atomic E-state index is -4.38. The summed E-state index contributed by atoms with van der Waals surface area (Å²) < 4.78 is 66.7. The normalized spacial score (nSPS) is 38.3. The molecule has 0 spiro atoms. The molecular weight excluding hydrogens is 648 g/mol. The van der Waals surface area contributed by atoms with Gasteiger partial charge in [0.05, 0.1) is 33.4 Å². The molecule has 7 rings (SSSR count). The van der Waals surface area contributed by atoms with Crippen molar-refractivity contribution in [1.29, 1.82) is 0 Å². The van der Waals surface area contributed by atoms with E-state index in [2.05, 4.69) is 29.9 Å². The molecule has 0 bridgehead atoms. The van der Waals surface area contributed by atoms with Gasteiger partial charge in [-0.1, -0.05) is 11.8 Å². The number of aliphatic hydroxyl groups is 1. The topological polar surface area (TPSA) is 255 Å². The van der Waals surface area contributed by atoms with Crippen LogP contribution in [0.15, 0.2) is 25.3 Å². The van der Waals surface area contributed by atoms with Crippen molar-refractivity contribution in [2.75, 3.05) is 24.7 Å². The van der Waals surface area contributed by atoms with E-state index in [1.165, 1.54) is 34.4 Å². The number of nitrogens with two attached hydrogens (primary N) is 2. The number of hydrogen-bond acceptors (Lipinski definition) is 18. The molecule has 4 unspecified atom stereocenters. The van der Waals surface area contributed by atoms with Crippen molar-refractivity contribution in [2.45, 2.75) is 49.1 Å². The van der Waals surface area contributed by atoms with Crippen molar-refractivity contribution in [3.63, 3.8) is 0 Å². The molecule has 5 N–H and O–H groups in total. The highest BCUT2D eigenvalue weighted by molar-refractivity contribution is 8.06. The summed E-state index contributed by atoms with van der Waals surface area (Å²) in [5.74, 6) is 0.184. The summed E-state index contributed by atoms with van der Waals surface area (Å²) in [6, 6.07) is 0. The highest BCUT2D eigenvalue weighted by Gasteiger charge is 2.51. The van der Waals surface area contributed by atoms with E-state index in [4.69, 9.17) is 50.8 Å². The van der Waals surface area contributed by atoms with Crippen LogP contribution in [0.25, 0.3) is 22.3 Å². The van der Waals surface area contributed by atoms with Crippen molar-refractivity contribution in [3.8, 4) is 0 Å². The van der Waals surface area contributed by atoms with Crippen molar-refractivity contribution in [1.82, 2.24) is 39.0 Å². The lowest BCUT2D eigenvalue weighted by molar-refractivity contribution is -0.218. The molecule has 3 aliphatic rings. The van der Waals surface area contributed by atoms with Crippen LogP contribution < -0.4 is 16.4 Å². The summed E-state index contributed by atoms with van der Waals surface area (Å²) in [6.07, 6.45) is -6.23. The van der Waals surface area contributed by atoms with Crippen LogP contribution in [-0.2, 0) is 43.9 Å². The Morgan fingerprint density at radius 2 is 1.45 bits per heavy atom. The molecule has 0 aliphatic carbocycles. The molecule has 4 aromatic heterocycles. The fourth-order valence-corrected chi connectivity index (χ4v) is 7.32. The maximum absolute atomic E-state index is 16.0. The highest BCUT2D eigenvalue weighted by Crippen LogP contribution is 2.52. The Morgan fingerprint density at radius 3 is 2.09 bits per heavy atom. The number of aromatic nitrogens is 8. The van der Waals surface area contributed by atoms with Crippen LogP contribution >= 0.6 is 14.2 Å². The average Bonchev–Trinajstić information content (AvgIpc) is 3.73. The molecule has 44 heavy (non-hydrogen) atoms. The maximum atomic E-state index is 16.0. The van der Waals surface area contributed by atoms with E-state index in [1.54, 1.807) is 0 Å². The van der Waals surface area contributed by atoms with Crippen LogP contribution in [-0.4, -0.2) is 102 Å². The predicted octanol–water partition coefficient (Wildman–Crippen LogP) is -1.80. The number of aliphatic hydroxyl groups excluding tert-OH is 1. The van der Waals surface area contributed by atoms with E-state index in [9.17, 15) is 14.6 Å². The molecule has 10 atom stereocenters. The lowest BCUT2D eigenvalue weighted by Gasteiger charge is -2.36. The summed E-state index contributed by atoms with van der Waals surface area (Å²) >= 11 is 5.12. The molecule has 24 heteroatoms. The van der Waals surface area contributed by atoms with E-state index in [0.717, 1.165) is 0 Å². The molecule has 0 amide bonds. The minimum Gasteiger partial charge on any atom is -0.780 e. The number of nitrogen functional groups attached to an aromatic ring is 2. The smallest absolute Gasteiger partial charge is 0.174 e. The van der Waals surface area contributed by atoms with Gasteiger partial charge >= 0.3 is 0 Å². The van der Waals surface area contributed by atoms with Gasteiger partial charge in [0.2, 0.25) is 0 Å². The Hall–Kier alpha value is -2.75. The molecule has 7 heterocycles. The Kier molecular flexibility index (Phi) is 7.45. The summed E-state index contributed by atoms with van der Waals surface area (Å²) in [7, 11) is -5.02. The molecule has 0 aromatic carbocycles. The van der Waals surface area contributed by atoms with E-state index in [-0.39, 0.29) is 34.0 Å². The summed E-state index contributed by atoms with van der Waals surface area (Å²) in [5, 5.41) is 11.2. The quantitative estimate of drug-likeness (QED) is 0.157. The largest absolute Gasteiger partial charge is 0.780 e. The Labute approximate surface area is 252 Å². The first-order valence-electron chi connectivity index (χ1n) is 12.5. The van der Waals surface area contributed by atoms with E-state index < -0.39 is 84.1 Å². The molecule has 4 aromatic rings. The number of fused-ring (bicyclic) bond motifs is 4. The second kappa shape index (κ2) is 11.0. The van der Waals surface area contributed by atoms with Crippen LogP contribution in [0.2, 0.25) is 0 Å². The second-order valence-electron chi connectivity index (χ2n) is 9.63.